The second-order valence-corrected chi connectivity index (χ2v) is 13.4. The first-order valence-corrected chi connectivity index (χ1v) is 17.0. The van der Waals surface area contributed by atoms with Crippen LogP contribution in [0.4, 0.5) is 16.5 Å². The number of amides is 2. The lowest BCUT2D eigenvalue weighted by atomic mass is 9.89. The molecule has 0 bridgehead atoms. The van der Waals surface area contributed by atoms with Crippen LogP contribution in [-0.2, 0) is 56.2 Å². The van der Waals surface area contributed by atoms with Gasteiger partial charge in [-0.1, -0.05) is 5.16 Å². The van der Waals surface area contributed by atoms with Gasteiger partial charge in [-0.25, -0.2) is 14.6 Å². The normalized spacial score (nSPS) is 21.9. The Morgan fingerprint density at radius 3 is 2.21 bits per heavy atom. The number of oxime groups is 1. The van der Waals surface area contributed by atoms with Gasteiger partial charge in [0, 0.05) is 41.3 Å². The minimum absolute atomic E-state index is 0.0322. The van der Waals surface area contributed by atoms with Crippen LogP contribution in [0.15, 0.2) is 59.1 Å². The molecule has 3 aliphatic rings. The Kier molecular flexibility index (Phi) is 10.0. The number of non-ortho nitro benzene ring substituents is 2. The van der Waals surface area contributed by atoms with E-state index in [-0.39, 0.29) is 47.6 Å². The Morgan fingerprint density at radius 1 is 1.02 bits per heavy atom. The van der Waals surface area contributed by atoms with Gasteiger partial charge < -0.3 is 30.1 Å². The van der Waals surface area contributed by atoms with Crippen molar-refractivity contribution < 1.29 is 52.9 Å². The molecule has 270 valence electrons. The van der Waals surface area contributed by atoms with E-state index in [1.807, 2.05) is 0 Å². The maximum atomic E-state index is 13.6. The molecule has 20 nitrogen and oxygen atoms in total. The van der Waals surface area contributed by atoms with Crippen molar-refractivity contribution >= 4 is 75.0 Å². The molecule has 0 spiro atoms. The number of nitrogens with one attached hydrogen (secondary N) is 1. The van der Waals surface area contributed by atoms with E-state index in [4.69, 9.17) is 24.8 Å². The number of hydrogen-bond donors (Lipinski definition) is 2. The summed E-state index contributed by atoms with van der Waals surface area (Å²) < 4.78 is 16.1. The zero-order valence-electron chi connectivity index (χ0n) is 26.4. The molecular formula is C30H25N7O13S2. The molecule has 3 aromatic rings. The van der Waals surface area contributed by atoms with Crippen molar-refractivity contribution in [2.24, 2.45) is 11.1 Å². The second kappa shape index (κ2) is 14.6. The molecule has 6 rings (SSSR count). The Morgan fingerprint density at radius 2 is 1.63 bits per heavy atom. The highest BCUT2D eigenvalue weighted by Crippen LogP contribution is 2.51. The van der Waals surface area contributed by atoms with Crippen LogP contribution in [0.3, 0.4) is 0 Å². The number of carbonyl (C=O) groups excluding carboxylic acids is 5. The lowest BCUT2D eigenvalue weighted by molar-refractivity contribution is -0.385. The fraction of sp³-hybridized carbons (Fsp3) is 0.300. The van der Waals surface area contributed by atoms with Crippen LogP contribution in [0.25, 0.3) is 0 Å². The number of thiazole rings is 1. The summed E-state index contributed by atoms with van der Waals surface area (Å²) in [5.74, 6) is -4.89. The van der Waals surface area contributed by atoms with E-state index >= 15 is 0 Å². The predicted molar refractivity (Wildman–Crippen MR) is 177 cm³/mol. The standard InChI is InChI=1S/C30H25N7O13S2/c31-29-32-20(14-52-29)23(34-49-12-22(39)47-10-15-1-5-18(6-2-15)36(43)44)25(40)33-24-26(41)35-27(24)51-13-17-9-21(38)50-30(17,35)28(42)48-11-16-3-7-19(8-4-16)37(45)46/h1-8,14,17,24,27H,9-13H2,(H2,31,32)(H,33,40)/t17-,24+,27+,30+/m0/s1. The van der Waals surface area contributed by atoms with E-state index in [9.17, 15) is 44.2 Å². The largest absolute Gasteiger partial charge is 0.458 e. The maximum Gasteiger partial charge on any atom is 0.373 e. The topological polar surface area (TPSA) is 275 Å². The molecule has 0 radical (unpaired) electrons. The van der Waals surface area contributed by atoms with Gasteiger partial charge in [0.1, 0.15) is 30.3 Å². The first kappa shape index (κ1) is 35.7. The van der Waals surface area contributed by atoms with E-state index in [1.54, 1.807) is 0 Å². The average Bonchev–Trinajstić information content (AvgIpc) is 3.71. The number of nitro groups is 2. The number of carbonyl (C=O) groups is 5. The van der Waals surface area contributed by atoms with Crippen LogP contribution in [0.1, 0.15) is 23.2 Å². The minimum atomic E-state index is -2.09. The van der Waals surface area contributed by atoms with Gasteiger partial charge in [-0.15, -0.1) is 23.1 Å². The number of thioether (sulfide) groups is 1. The molecule has 3 N–H and O–H groups in total. The third-order valence-electron chi connectivity index (χ3n) is 8.07. The molecule has 2 aromatic carbocycles. The molecule has 4 heterocycles. The first-order chi connectivity index (χ1) is 24.9. The van der Waals surface area contributed by atoms with E-state index in [0.29, 0.717) is 11.1 Å². The van der Waals surface area contributed by atoms with Crippen molar-refractivity contribution in [3.05, 3.63) is 91.0 Å². The summed E-state index contributed by atoms with van der Waals surface area (Å²) in [6.45, 7) is -1.29. The van der Waals surface area contributed by atoms with Crippen LogP contribution >= 0.6 is 23.1 Å². The number of hydrogen-bond acceptors (Lipinski definition) is 18. The molecule has 4 atom stereocenters. The molecule has 22 heteroatoms. The number of benzene rings is 2. The highest BCUT2D eigenvalue weighted by atomic mass is 32.2. The molecule has 1 aromatic heterocycles. The summed E-state index contributed by atoms with van der Waals surface area (Å²) >= 11 is 2.19. The Hall–Kier alpha value is -6.16. The van der Waals surface area contributed by atoms with Gasteiger partial charge in [0.05, 0.1) is 16.3 Å². The molecule has 2 amide bonds. The van der Waals surface area contributed by atoms with Crippen molar-refractivity contribution in [3.63, 3.8) is 0 Å². The number of anilines is 1. The van der Waals surface area contributed by atoms with Crippen LogP contribution in [-0.4, -0.2) is 84.7 Å². The number of nitrogens with zero attached hydrogens (tertiary/aromatic N) is 5. The lowest BCUT2D eigenvalue weighted by Crippen LogP contribution is -2.80. The highest BCUT2D eigenvalue weighted by molar-refractivity contribution is 8.00. The molecular weight excluding hydrogens is 731 g/mol. The summed E-state index contributed by atoms with van der Waals surface area (Å²) in [4.78, 5) is 96.2. The number of aromatic nitrogens is 1. The number of nitrogen functional groups attached to an aromatic ring is 1. The van der Waals surface area contributed by atoms with Gasteiger partial charge >= 0.3 is 17.9 Å². The van der Waals surface area contributed by atoms with Crippen molar-refractivity contribution in [1.29, 1.82) is 0 Å². The van der Waals surface area contributed by atoms with Gasteiger partial charge in [-0.2, -0.15) is 0 Å². The minimum Gasteiger partial charge on any atom is -0.458 e. The van der Waals surface area contributed by atoms with Crippen molar-refractivity contribution in [3.8, 4) is 0 Å². The van der Waals surface area contributed by atoms with Crippen molar-refractivity contribution in [2.45, 2.75) is 36.8 Å². The van der Waals surface area contributed by atoms with Crippen LogP contribution in [0.2, 0.25) is 0 Å². The molecule has 3 aliphatic heterocycles. The predicted octanol–water partition coefficient (Wildman–Crippen LogP) is 1.41. The maximum absolute atomic E-state index is 13.6. The fourth-order valence-corrected chi connectivity index (χ4v) is 7.65. The smallest absolute Gasteiger partial charge is 0.373 e. The Balaban J connectivity index is 1.11. The SMILES string of the molecule is Nc1nc(C(=NOCC(=O)OCc2ccc([N+](=O)[O-])cc2)C(=O)N[C@@H]2C(=O)N3[C@@H]2SC[C@@H]2CC(=O)O[C@@]23C(=O)OCc2ccc([N+](=O)[O-])cc2)cs1. The molecule has 0 unspecified atom stereocenters. The Labute approximate surface area is 299 Å². The number of nitro benzene ring substituents is 2. The quantitative estimate of drug-likeness (QED) is 0.0623. The summed E-state index contributed by atoms with van der Waals surface area (Å²) in [6, 6.07) is 9.37. The van der Waals surface area contributed by atoms with Crippen LogP contribution in [0.5, 0.6) is 0 Å². The molecule has 0 aliphatic carbocycles. The van der Waals surface area contributed by atoms with Gasteiger partial charge in [0.15, 0.2) is 10.8 Å². The third kappa shape index (κ3) is 7.05. The van der Waals surface area contributed by atoms with Crippen molar-refractivity contribution in [1.82, 2.24) is 15.2 Å². The summed E-state index contributed by atoms with van der Waals surface area (Å²) in [5.41, 5.74) is 3.76. The monoisotopic (exact) mass is 755 g/mol. The van der Waals surface area contributed by atoms with E-state index in [1.165, 1.54) is 65.7 Å². The van der Waals surface area contributed by atoms with E-state index in [0.717, 1.165) is 16.2 Å². The van der Waals surface area contributed by atoms with Gasteiger partial charge in [-0.3, -0.25) is 39.5 Å². The second-order valence-electron chi connectivity index (χ2n) is 11.3. The van der Waals surface area contributed by atoms with Gasteiger partial charge in [0.25, 0.3) is 28.9 Å². The van der Waals surface area contributed by atoms with Gasteiger partial charge in [0.2, 0.25) is 6.61 Å². The summed E-state index contributed by atoms with van der Waals surface area (Å²) in [5, 5.41) is 28.7. The third-order valence-corrected chi connectivity index (χ3v) is 10.2. The molecule has 52 heavy (non-hydrogen) atoms. The lowest BCUT2D eigenvalue weighted by Gasteiger charge is -2.56. The Bertz CT molecular complexity index is 1990. The van der Waals surface area contributed by atoms with E-state index in [2.05, 4.69) is 15.5 Å². The molecule has 3 saturated heterocycles. The molecule has 3 fully saturated rings. The highest BCUT2D eigenvalue weighted by Gasteiger charge is 2.72. The molecule has 0 saturated carbocycles. The van der Waals surface area contributed by atoms with Crippen LogP contribution in [0, 0.1) is 26.1 Å². The fourth-order valence-electron chi connectivity index (χ4n) is 5.54. The number of ether oxygens (including phenoxy) is 3. The first-order valence-electron chi connectivity index (χ1n) is 15.1. The average molecular weight is 756 g/mol. The van der Waals surface area contributed by atoms with Gasteiger partial charge in [-0.05, 0) is 35.4 Å². The summed E-state index contributed by atoms with van der Waals surface area (Å²) in [6.07, 6.45) is -0.164. The van der Waals surface area contributed by atoms with E-state index < -0.39 is 74.9 Å². The number of rotatable bonds is 13. The number of β-lactam (4-membered cyclic amide) rings is 1. The number of nitrogens with two attached hydrogens (primary N) is 1. The summed E-state index contributed by atoms with van der Waals surface area (Å²) in [7, 11) is 0. The number of esters is 3. The van der Waals surface area contributed by atoms with Crippen molar-refractivity contribution in [2.75, 3.05) is 18.1 Å². The number of fused-ring (bicyclic) bond motifs is 3. The van der Waals surface area contributed by atoms with Crippen LogP contribution < -0.4 is 11.1 Å². The zero-order chi connectivity index (χ0) is 37.2. The zero-order valence-corrected chi connectivity index (χ0v) is 28.0.